The lowest BCUT2D eigenvalue weighted by Crippen LogP contribution is -2.30. The molecule has 2 N–H and O–H groups in total. The van der Waals surface area contributed by atoms with E-state index in [1.54, 1.807) is 6.07 Å². The van der Waals surface area contributed by atoms with Crippen molar-refractivity contribution < 1.29 is 22.7 Å². The molecule has 8 nitrogen and oxygen atoms in total. The summed E-state index contributed by atoms with van der Waals surface area (Å²) in [5.74, 6) is 0.745. The number of hydrogen-bond donors (Lipinski definition) is 2. The topological polar surface area (TPSA) is 97.0 Å². The van der Waals surface area contributed by atoms with Gasteiger partial charge in [-0.25, -0.2) is 13.1 Å². The minimum absolute atomic E-state index is 0.0113. The quantitative estimate of drug-likeness (QED) is 0.565. The molecule has 0 bridgehead atoms. The first-order chi connectivity index (χ1) is 16.5. The van der Waals surface area contributed by atoms with Crippen molar-refractivity contribution in [2.45, 2.75) is 50.1 Å². The minimum Gasteiger partial charge on any atom is -0.490 e. The van der Waals surface area contributed by atoms with Crippen molar-refractivity contribution in [2.24, 2.45) is 0 Å². The molecule has 1 fully saturated rings. The minimum atomic E-state index is -3.76. The number of benzene rings is 2. The molecule has 0 spiro atoms. The normalized spacial score (nSPS) is 16.6. The van der Waals surface area contributed by atoms with Crippen molar-refractivity contribution in [3.63, 3.8) is 0 Å². The predicted octanol–water partition coefficient (Wildman–Crippen LogP) is 2.82. The van der Waals surface area contributed by atoms with Gasteiger partial charge in [0.05, 0.1) is 18.1 Å². The monoisotopic (exact) mass is 487 g/mol. The van der Waals surface area contributed by atoms with E-state index >= 15 is 0 Å². The average molecular weight is 488 g/mol. The molecule has 4 rings (SSSR count). The fourth-order valence-corrected chi connectivity index (χ4v) is 5.17. The van der Waals surface area contributed by atoms with Crippen LogP contribution in [-0.4, -0.2) is 52.1 Å². The molecular weight excluding hydrogens is 454 g/mol. The van der Waals surface area contributed by atoms with Crippen LogP contribution in [0.25, 0.3) is 0 Å². The van der Waals surface area contributed by atoms with Crippen molar-refractivity contribution in [1.29, 1.82) is 0 Å². The summed E-state index contributed by atoms with van der Waals surface area (Å²) in [6.07, 6.45) is 4.67. The highest BCUT2D eigenvalue weighted by atomic mass is 32.2. The van der Waals surface area contributed by atoms with E-state index in [1.807, 2.05) is 12.1 Å². The number of ether oxygens (including phenoxy) is 2. The molecule has 0 saturated carbocycles. The lowest BCUT2D eigenvalue weighted by molar-refractivity contribution is -0.121. The Morgan fingerprint density at radius 2 is 1.59 bits per heavy atom. The van der Waals surface area contributed by atoms with Gasteiger partial charge in [0, 0.05) is 38.5 Å². The lowest BCUT2D eigenvalue weighted by atomic mass is 10.1. The van der Waals surface area contributed by atoms with Crippen LogP contribution in [0.4, 0.5) is 0 Å². The van der Waals surface area contributed by atoms with Crippen LogP contribution in [0, 0.1) is 0 Å². The number of nitrogens with one attached hydrogen (secondary N) is 2. The molecule has 2 heterocycles. The Bertz CT molecular complexity index is 1070. The van der Waals surface area contributed by atoms with Crippen molar-refractivity contribution in [3.8, 4) is 11.5 Å². The van der Waals surface area contributed by atoms with Crippen molar-refractivity contribution in [3.05, 3.63) is 53.6 Å². The summed E-state index contributed by atoms with van der Waals surface area (Å²) in [5.41, 5.74) is 2.30. The van der Waals surface area contributed by atoms with Crippen LogP contribution in [0.15, 0.2) is 47.4 Å². The number of piperidine rings is 1. The molecule has 34 heavy (non-hydrogen) atoms. The summed E-state index contributed by atoms with van der Waals surface area (Å²) in [6, 6.07) is 12.8. The Morgan fingerprint density at radius 1 is 0.882 bits per heavy atom. The van der Waals surface area contributed by atoms with Gasteiger partial charge < -0.3 is 14.8 Å². The van der Waals surface area contributed by atoms with E-state index in [0.29, 0.717) is 31.3 Å². The molecule has 2 aliphatic rings. The maximum Gasteiger partial charge on any atom is 0.240 e. The number of fused-ring (bicyclic) bond motifs is 1. The van der Waals surface area contributed by atoms with Gasteiger partial charge in [0.25, 0.3) is 0 Å². The van der Waals surface area contributed by atoms with E-state index < -0.39 is 10.0 Å². The van der Waals surface area contributed by atoms with Crippen LogP contribution < -0.4 is 19.5 Å². The fourth-order valence-electron chi connectivity index (χ4n) is 4.12. The average Bonchev–Trinajstić information content (AvgIpc) is 3.09. The number of carbonyl (C=O) groups is 1. The fraction of sp³-hybridized carbons (Fsp3) is 0.480. The molecule has 0 aromatic heterocycles. The number of rotatable bonds is 9. The maximum absolute atomic E-state index is 12.6. The highest BCUT2D eigenvalue weighted by Gasteiger charge is 2.19. The van der Waals surface area contributed by atoms with E-state index in [4.69, 9.17) is 9.47 Å². The molecule has 2 aromatic carbocycles. The number of hydrogen-bond acceptors (Lipinski definition) is 6. The molecular formula is C25H33N3O5S. The van der Waals surface area contributed by atoms with Gasteiger partial charge in [0.2, 0.25) is 15.9 Å². The number of nitrogens with zero attached hydrogens (tertiary/aromatic N) is 1. The second kappa shape index (κ2) is 11.7. The first kappa shape index (κ1) is 24.5. The van der Waals surface area contributed by atoms with E-state index in [2.05, 4.69) is 27.1 Å². The Labute approximate surface area is 201 Å². The number of amides is 1. The third kappa shape index (κ3) is 6.94. The maximum atomic E-state index is 12.6. The molecule has 2 aromatic rings. The summed E-state index contributed by atoms with van der Waals surface area (Å²) in [4.78, 5) is 14.8. The smallest absolute Gasteiger partial charge is 0.240 e. The first-order valence-corrected chi connectivity index (χ1v) is 13.4. The van der Waals surface area contributed by atoms with Crippen LogP contribution >= 0.6 is 0 Å². The molecule has 184 valence electrons. The zero-order valence-electron chi connectivity index (χ0n) is 19.4. The third-order valence-corrected chi connectivity index (χ3v) is 7.50. The van der Waals surface area contributed by atoms with Crippen LogP contribution in [0.1, 0.15) is 43.2 Å². The van der Waals surface area contributed by atoms with Crippen molar-refractivity contribution in [2.75, 3.05) is 32.8 Å². The molecule has 1 amide bonds. The summed E-state index contributed by atoms with van der Waals surface area (Å²) in [7, 11) is -3.76. The van der Waals surface area contributed by atoms with Crippen LogP contribution in [0.3, 0.4) is 0 Å². The second-order valence-electron chi connectivity index (χ2n) is 8.74. The van der Waals surface area contributed by atoms with Gasteiger partial charge in [-0.1, -0.05) is 30.7 Å². The van der Waals surface area contributed by atoms with Gasteiger partial charge in [0.15, 0.2) is 11.5 Å². The molecule has 0 radical (unpaired) electrons. The molecule has 9 heteroatoms. The zero-order chi connectivity index (χ0) is 23.8. The predicted molar refractivity (Wildman–Crippen MR) is 129 cm³/mol. The highest BCUT2D eigenvalue weighted by Crippen LogP contribution is 2.31. The zero-order valence-corrected chi connectivity index (χ0v) is 20.2. The largest absolute Gasteiger partial charge is 0.490 e. The van der Waals surface area contributed by atoms with E-state index in [1.165, 1.54) is 37.0 Å². The van der Waals surface area contributed by atoms with Crippen LogP contribution in [-0.2, 0) is 27.9 Å². The Hall–Kier alpha value is -2.62. The van der Waals surface area contributed by atoms with Crippen molar-refractivity contribution >= 4 is 15.9 Å². The lowest BCUT2D eigenvalue weighted by Gasteiger charge is -2.26. The Morgan fingerprint density at radius 3 is 2.35 bits per heavy atom. The molecule has 1 saturated heterocycles. The number of likely N-dealkylation sites (tertiary alicyclic amines) is 1. The summed E-state index contributed by atoms with van der Waals surface area (Å²) in [5, 5.41) is 2.85. The number of sulfonamides is 1. The SMILES string of the molecule is O=C(CCNS(=O)(=O)c1ccc2c(c1)OCCCO2)NCc1ccc(CN2CCCCC2)cc1. The van der Waals surface area contributed by atoms with Gasteiger partial charge in [-0.2, -0.15) is 0 Å². The standard InChI is InChI=1S/C25H33N3O5S/c29-25(26-18-20-5-7-21(8-6-20)19-28-13-2-1-3-14-28)11-12-27-34(30,31)22-9-10-23-24(17-22)33-16-4-15-32-23/h5-10,17,27H,1-4,11-16,18-19H2,(H,26,29). The molecule has 0 unspecified atom stereocenters. The van der Waals surface area contributed by atoms with Gasteiger partial charge in [-0.3, -0.25) is 9.69 Å². The Kier molecular flexibility index (Phi) is 8.42. The highest BCUT2D eigenvalue weighted by molar-refractivity contribution is 7.89. The molecule has 0 atom stereocenters. The van der Waals surface area contributed by atoms with Gasteiger partial charge in [0.1, 0.15) is 0 Å². The first-order valence-electron chi connectivity index (χ1n) is 12.0. The van der Waals surface area contributed by atoms with Crippen LogP contribution in [0.5, 0.6) is 11.5 Å². The number of carbonyl (C=O) groups excluding carboxylic acids is 1. The van der Waals surface area contributed by atoms with Gasteiger partial charge >= 0.3 is 0 Å². The van der Waals surface area contributed by atoms with Crippen LogP contribution in [0.2, 0.25) is 0 Å². The van der Waals surface area contributed by atoms with E-state index in [0.717, 1.165) is 31.6 Å². The molecule has 2 aliphatic heterocycles. The second-order valence-corrected chi connectivity index (χ2v) is 10.5. The Balaban J connectivity index is 1.20. The van der Waals surface area contributed by atoms with Crippen molar-refractivity contribution in [1.82, 2.24) is 14.9 Å². The van der Waals surface area contributed by atoms with Gasteiger partial charge in [-0.05, 0) is 49.2 Å². The summed E-state index contributed by atoms with van der Waals surface area (Å²) < 4.78 is 38.8. The molecule has 0 aliphatic carbocycles. The summed E-state index contributed by atoms with van der Waals surface area (Å²) in [6.45, 7) is 4.73. The third-order valence-electron chi connectivity index (χ3n) is 6.04. The van der Waals surface area contributed by atoms with E-state index in [-0.39, 0.29) is 23.8 Å². The van der Waals surface area contributed by atoms with E-state index in [9.17, 15) is 13.2 Å². The summed E-state index contributed by atoms with van der Waals surface area (Å²) >= 11 is 0. The van der Waals surface area contributed by atoms with Gasteiger partial charge in [-0.15, -0.1) is 0 Å².